The predicted molar refractivity (Wildman–Crippen MR) is 194 cm³/mol. The van der Waals surface area contributed by atoms with Gasteiger partial charge in [0, 0.05) is 34.4 Å². The number of hydrogen-bond acceptors (Lipinski definition) is 1. The van der Waals surface area contributed by atoms with Crippen LogP contribution < -0.4 is 4.74 Å². The molecule has 8 rings (SSSR count). The molecule has 2 aliphatic rings. The fourth-order valence-electron chi connectivity index (χ4n) is 7.62. The Hall–Kier alpha value is -4.88. The van der Waals surface area contributed by atoms with Gasteiger partial charge in [0.1, 0.15) is 11.5 Å². The summed E-state index contributed by atoms with van der Waals surface area (Å²) < 4.78 is 52.1. The summed E-state index contributed by atoms with van der Waals surface area (Å²) in [7, 11) is 0. The van der Waals surface area contributed by atoms with Gasteiger partial charge in [-0.15, -0.1) is 0 Å². The fourth-order valence-corrected chi connectivity index (χ4v) is 7.62. The Labute approximate surface area is 280 Å². The molecular weight excluding hydrogens is 556 g/mol. The van der Waals surface area contributed by atoms with Gasteiger partial charge in [-0.2, -0.15) is 0 Å². The van der Waals surface area contributed by atoms with Crippen molar-refractivity contribution in [2.45, 2.75) is 58.7 Å². The van der Waals surface area contributed by atoms with Gasteiger partial charge in [0.2, 0.25) is 0 Å². The Morgan fingerprint density at radius 3 is 1.57 bits per heavy atom. The Morgan fingerprint density at radius 2 is 1.02 bits per heavy atom. The summed E-state index contributed by atoms with van der Waals surface area (Å²) in [5, 5.41) is 0. The van der Waals surface area contributed by atoms with Crippen molar-refractivity contribution in [3.8, 4) is 67.1 Å². The summed E-state index contributed by atoms with van der Waals surface area (Å²) in [5.41, 5.74) is 10.4. The average Bonchev–Trinajstić information content (AvgIpc) is 3.15. The van der Waals surface area contributed by atoms with E-state index in [1.807, 2.05) is 72.8 Å². The standard InChI is InChI=1S/C45H40O/c1-7-29-24-25-40-43(46-41-23-15-14-22-39(41)44(3,4)45(40,5)6)42(29)36-27-38-35-21-13-11-19-33(35)31-17-9-8-16-30(31)32-18-10-12-20-34(32)37(38)26-28(36)2/h8-27H,7H2,1-6H3/i2D3,7D2. The average molecular weight is 602 g/mol. The molecule has 0 bridgehead atoms. The van der Waals surface area contributed by atoms with Crippen LogP contribution in [0.5, 0.6) is 11.5 Å². The first kappa shape index (κ1) is 23.5. The number of hydrogen-bond donors (Lipinski definition) is 0. The summed E-state index contributed by atoms with van der Waals surface area (Å²) in [5.74, 6) is 1.18. The Morgan fingerprint density at radius 1 is 0.543 bits per heavy atom. The molecule has 6 aromatic carbocycles. The molecule has 0 spiro atoms. The molecule has 1 aliphatic carbocycles. The summed E-state index contributed by atoms with van der Waals surface area (Å²) >= 11 is 0. The van der Waals surface area contributed by atoms with Crippen LogP contribution >= 0.6 is 0 Å². The van der Waals surface area contributed by atoms with Crippen LogP contribution in [0.15, 0.2) is 121 Å². The molecule has 226 valence electrons. The molecule has 1 heterocycles. The fraction of sp³-hybridized carbons (Fsp3) is 0.200. The number of rotatable bonds is 2. The van der Waals surface area contributed by atoms with Crippen LogP contribution in [0.3, 0.4) is 0 Å². The van der Waals surface area contributed by atoms with Gasteiger partial charge >= 0.3 is 0 Å². The molecule has 0 atom stereocenters. The lowest BCUT2D eigenvalue weighted by molar-refractivity contribution is 0.306. The van der Waals surface area contributed by atoms with Gasteiger partial charge < -0.3 is 4.74 Å². The van der Waals surface area contributed by atoms with Gasteiger partial charge in [-0.05, 0) is 86.6 Å². The first-order valence-corrected chi connectivity index (χ1v) is 16.0. The summed E-state index contributed by atoms with van der Waals surface area (Å²) in [6.45, 7) is 7.80. The third-order valence-electron chi connectivity index (χ3n) is 10.8. The van der Waals surface area contributed by atoms with Crippen LogP contribution in [0.25, 0.3) is 55.6 Å². The molecular formula is C45H40O. The Bertz CT molecular complexity index is 2370. The van der Waals surface area contributed by atoms with Crippen LogP contribution in [0, 0.1) is 6.85 Å². The van der Waals surface area contributed by atoms with Crippen molar-refractivity contribution in [3.63, 3.8) is 0 Å². The summed E-state index contributed by atoms with van der Waals surface area (Å²) in [6, 6.07) is 40.5. The van der Waals surface area contributed by atoms with Crippen molar-refractivity contribution in [1.82, 2.24) is 0 Å². The lowest BCUT2D eigenvalue weighted by Gasteiger charge is -2.41. The summed E-state index contributed by atoms with van der Waals surface area (Å²) in [6.07, 6.45) is -1.82. The number of para-hydroxylation sites is 1. The number of benzene rings is 6. The van der Waals surface area contributed by atoms with E-state index in [0.29, 0.717) is 28.2 Å². The number of fused-ring (bicyclic) bond motifs is 10. The molecule has 0 fully saturated rings. The van der Waals surface area contributed by atoms with Crippen LogP contribution in [-0.2, 0) is 17.2 Å². The molecule has 1 aliphatic heterocycles. The van der Waals surface area contributed by atoms with E-state index in [1.54, 1.807) is 0 Å². The van der Waals surface area contributed by atoms with Crippen molar-refractivity contribution in [3.05, 3.63) is 144 Å². The topological polar surface area (TPSA) is 9.23 Å². The van der Waals surface area contributed by atoms with E-state index < -0.39 is 18.6 Å². The molecule has 1 nitrogen and oxygen atoms in total. The maximum atomic E-state index is 9.10. The van der Waals surface area contributed by atoms with E-state index in [4.69, 9.17) is 11.6 Å². The second kappa shape index (κ2) is 10.3. The molecule has 0 N–H and O–H groups in total. The van der Waals surface area contributed by atoms with Crippen LogP contribution in [0.2, 0.25) is 0 Å². The lowest BCUT2D eigenvalue weighted by atomic mass is 9.60. The highest BCUT2D eigenvalue weighted by molar-refractivity contribution is 6.04. The predicted octanol–water partition coefficient (Wildman–Crippen LogP) is 12.6. The third-order valence-corrected chi connectivity index (χ3v) is 10.8. The van der Waals surface area contributed by atoms with Gasteiger partial charge in [0.05, 0.1) is 0 Å². The van der Waals surface area contributed by atoms with E-state index in [-0.39, 0.29) is 11.0 Å². The highest BCUT2D eigenvalue weighted by atomic mass is 16.5. The molecule has 0 aromatic heterocycles. The number of aryl methyl sites for hydroxylation is 2. The van der Waals surface area contributed by atoms with Crippen molar-refractivity contribution < 1.29 is 11.6 Å². The van der Waals surface area contributed by atoms with Crippen molar-refractivity contribution in [2.24, 2.45) is 0 Å². The Balaban J connectivity index is 1.55. The minimum absolute atomic E-state index is 0.152. The van der Waals surface area contributed by atoms with Crippen molar-refractivity contribution >= 4 is 0 Å². The monoisotopic (exact) mass is 601 g/mol. The zero-order valence-corrected chi connectivity index (χ0v) is 27.0. The van der Waals surface area contributed by atoms with Crippen molar-refractivity contribution in [2.75, 3.05) is 0 Å². The molecule has 0 radical (unpaired) electrons. The van der Waals surface area contributed by atoms with Crippen LogP contribution in [-0.4, -0.2) is 0 Å². The minimum Gasteiger partial charge on any atom is -0.456 e. The van der Waals surface area contributed by atoms with E-state index in [0.717, 1.165) is 55.6 Å². The van der Waals surface area contributed by atoms with Gasteiger partial charge in [-0.3, -0.25) is 0 Å². The molecule has 46 heavy (non-hydrogen) atoms. The van der Waals surface area contributed by atoms with Gasteiger partial charge in [0.25, 0.3) is 0 Å². The summed E-state index contributed by atoms with van der Waals surface area (Å²) in [4.78, 5) is 0. The smallest absolute Gasteiger partial charge is 0.139 e. The maximum Gasteiger partial charge on any atom is 0.139 e. The SMILES string of the molecule is [2H]C([2H])([2H])c1cc2c(cc1-c1c(C([2H])([2H])C)ccc3c1Oc1ccccc1C(C)(C)C3(C)C)-c1ccccc1-c1ccccc1-c1ccccc1-2. The largest absolute Gasteiger partial charge is 0.456 e. The molecule has 0 amide bonds. The van der Waals surface area contributed by atoms with E-state index in [2.05, 4.69) is 76.2 Å². The minimum atomic E-state index is -2.53. The highest BCUT2D eigenvalue weighted by Crippen LogP contribution is 2.57. The molecule has 0 saturated carbocycles. The highest BCUT2D eigenvalue weighted by Gasteiger charge is 2.46. The van der Waals surface area contributed by atoms with E-state index >= 15 is 0 Å². The molecule has 1 heteroatoms. The van der Waals surface area contributed by atoms with E-state index in [9.17, 15) is 0 Å². The quantitative estimate of drug-likeness (QED) is 0.191. The van der Waals surface area contributed by atoms with Gasteiger partial charge in [-0.25, -0.2) is 0 Å². The van der Waals surface area contributed by atoms with Crippen LogP contribution in [0.4, 0.5) is 0 Å². The maximum absolute atomic E-state index is 9.10. The molecule has 0 unspecified atom stereocenters. The van der Waals surface area contributed by atoms with E-state index in [1.165, 1.54) is 6.92 Å². The van der Waals surface area contributed by atoms with Gasteiger partial charge in [0.15, 0.2) is 0 Å². The van der Waals surface area contributed by atoms with Gasteiger partial charge in [-0.1, -0.05) is 144 Å². The zero-order valence-electron chi connectivity index (χ0n) is 32.0. The molecule has 6 aromatic rings. The normalized spacial score (nSPS) is 17.1. The zero-order chi connectivity index (χ0) is 36.1. The second-order valence-electron chi connectivity index (χ2n) is 13.5. The lowest BCUT2D eigenvalue weighted by Crippen LogP contribution is -2.39. The van der Waals surface area contributed by atoms with Crippen molar-refractivity contribution in [1.29, 1.82) is 0 Å². The van der Waals surface area contributed by atoms with Crippen LogP contribution in [0.1, 0.15) is 63.7 Å². The first-order valence-electron chi connectivity index (χ1n) is 18.5. The third kappa shape index (κ3) is 4.01. The number of ether oxygens (including phenoxy) is 1. The second-order valence-corrected chi connectivity index (χ2v) is 13.5. The molecule has 0 saturated heterocycles. The first-order chi connectivity index (χ1) is 24.1. The Kier molecular flexibility index (Phi) is 5.26.